The lowest BCUT2D eigenvalue weighted by molar-refractivity contribution is 0.250. The van der Waals surface area contributed by atoms with Crippen molar-refractivity contribution < 1.29 is 13.9 Å². The van der Waals surface area contributed by atoms with Gasteiger partial charge in [0.05, 0.1) is 13.2 Å². The molecule has 2 nitrogen and oxygen atoms in total. The first kappa shape index (κ1) is 13.5. The molecule has 0 N–H and O–H groups in total. The van der Waals surface area contributed by atoms with Crippen LogP contribution in [0.3, 0.4) is 0 Å². The Balaban J connectivity index is 2.01. The average molecular weight is 273 g/mol. The van der Waals surface area contributed by atoms with E-state index in [1.54, 1.807) is 19.1 Å². The number of halogens is 2. The van der Waals surface area contributed by atoms with Gasteiger partial charge in [-0.3, -0.25) is 0 Å². The lowest BCUT2D eigenvalue weighted by Crippen LogP contribution is -2.08. The minimum absolute atomic E-state index is 0.0129. The van der Waals surface area contributed by atoms with E-state index in [0.717, 1.165) is 0 Å². The first-order valence-electron chi connectivity index (χ1n) is 6.46. The second-order valence-electron chi connectivity index (χ2n) is 4.58. The van der Waals surface area contributed by atoms with E-state index in [9.17, 15) is 4.39 Å². The van der Waals surface area contributed by atoms with Gasteiger partial charge in [-0.05, 0) is 37.8 Å². The molecule has 0 heterocycles. The Labute approximate surface area is 112 Å². The van der Waals surface area contributed by atoms with Crippen molar-refractivity contribution in [3.63, 3.8) is 0 Å². The zero-order chi connectivity index (χ0) is 13.0. The summed E-state index contributed by atoms with van der Waals surface area (Å²) in [6.07, 6.45) is 4.91. The summed E-state index contributed by atoms with van der Waals surface area (Å²) in [4.78, 5) is 0. The highest BCUT2D eigenvalue weighted by Gasteiger charge is 2.18. The molecule has 0 radical (unpaired) electrons. The number of rotatable bonds is 5. The van der Waals surface area contributed by atoms with Gasteiger partial charge in [0.25, 0.3) is 0 Å². The lowest BCUT2D eigenvalue weighted by Gasteiger charge is -2.14. The molecule has 0 bridgehead atoms. The molecule has 0 aromatic heterocycles. The van der Waals surface area contributed by atoms with Gasteiger partial charge in [-0.2, -0.15) is 0 Å². The van der Waals surface area contributed by atoms with Crippen molar-refractivity contribution in [3.8, 4) is 11.5 Å². The van der Waals surface area contributed by atoms with Gasteiger partial charge in [-0.25, -0.2) is 4.39 Å². The molecule has 18 heavy (non-hydrogen) atoms. The van der Waals surface area contributed by atoms with Crippen molar-refractivity contribution in [3.05, 3.63) is 23.0 Å². The predicted molar refractivity (Wildman–Crippen MR) is 70.0 cm³/mol. The number of ether oxygens (including phenoxy) is 2. The summed E-state index contributed by atoms with van der Waals surface area (Å²) in [5.74, 6) is 0.623. The van der Waals surface area contributed by atoms with E-state index in [2.05, 4.69) is 0 Å². The third kappa shape index (κ3) is 3.08. The van der Waals surface area contributed by atoms with E-state index in [4.69, 9.17) is 21.1 Å². The Bertz CT molecular complexity index is 403. The van der Waals surface area contributed by atoms with Crippen molar-refractivity contribution >= 4 is 11.6 Å². The van der Waals surface area contributed by atoms with Crippen LogP contribution in [0.25, 0.3) is 0 Å². The van der Waals surface area contributed by atoms with Crippen LogP contribution in [-0.4, -0.2) is 13.2 Å². The van der Waals surface area contributed by atoms with Gasteiger partial charge in [-0.15, -0.1) is 0 Å². The van der Waals surface area contributed by atoms with Gasteiger partial charge >= 0.3 is 0 Å². The number of benzene rings is 1. The molecule has 0 spiro atoms. The molecule has 1 aliphatic carbocycles. The Morgan fingerprint density at radius 1 is 1.22 bits per heavy atom. The molecule has 1 aliphatic rings. The molecule has 1 saturated carbocycles. The van der Waals surface area contributed by atoms with E-state index < -0.39 is 5.82 Å². The Hall–Kier alpha value is -0.960. The molecule has 2 rings (SSSR count). The van der Waals surface area contributed by atoms with Crippen LogP contribution in [0.2, 0.25) is 5.02 Å². The van der Waals surface area contributed by atoms with Crippen LogP contribution in [0.1, 0.15) is 32.6 Å². The molecule has 1 fully saturated rings. The SMILES string of the molecule is CCOc1ccc(OCC2CCCC2)c(Cl)c1F. The fourth-order valence-electron chi connectivity index (χ4n) is 2.28. The van der Waals surface area contributed by atoms with Crippen molar-refractivity contribution in [2.75, 3.05) is 13.2 Å². The molecule has 0 aliphatic heterocycles. The molecule has 0 unspecified atom stereocenters. The van der Waals surface area contributed by atoms with Crippen LogP contribution in [-0.2, 0) is 0 Å². The molecule has 0 atom stereocenters. The summed E-state index contributed by atoms with van der Waals surface area (Å²) in [7, 11) is 0. The van der Waals surface area contributed by atoms with Crippen LogP contribution >= 0.6 is 11.6 Å². The van der Waals surface area contributed by atoms with E-state index in [-0.39, 0.29) is 10.8 Å². The van der Waals surface area contributed by atoms with Gasteiger partial charge < -0.3 is 9.47 Å². The van der Waals surface area contributed by atoms with Crippen molar-refractivity contribution in [2.24, 2.45) is 5.92 Å². The molecule has 1 aromatic rings. The molecule has 0 saturated heterocycles. The largest absolute Gasteiger partial charge is 0.492 e. The topological polar surface area (TPSA) is 18.5 Å². The molecule has 1 aromatic carbocycles. The van der Waals surface area contributed by atoms with Gasteiger partial charge in [-0.1, -0.05) is 24.4 Å². The van der Waals surface area contributed by atoms with Gasteiger partial charge in [0, 0.05) is 0 Å². The van der Waals surface area contributed by atoms with Crippen LogP contribution in [0.4, 0.5) is 4.39 Å². The van der Waals surface area contributed by atoms with Crippen LogP contribution in [0.5, 0.6) is 11.5 Å². The highest BCUT2D eigenvalue weighted by molar-refractivity contribution is 6.32. The second-order valence-corrected chi connectivity index (χ2v) is 4.96. The Morgan fingerprint density at radius 2 is 1.89 bits per heavy atom. The lowest BCUT2D eigenvalue weighted by atomic mass is 10.1. The zero-order valence-corrected chi connectivity index (χ0v) is 11.3. The van der Waals surface area contributed by atoms with Gasteiger partial charge in [0.1, 0.15) is 10.8 Å². The summed E-state index contributed by atoms with van der Waals surface area (Å²) in [6, 6.07) is 3.24. The van der Waals surface area contributed by atoms with Gasteiger partial charge in [0.2, 0.25) is 0 Å². The zero-order valence-electron chi connectivity index (χ0n) is 10.5. The molecule has 100 valence electrons. The maximum atomic E-state index is 13.8. The smallest absolute Gasteiger partial charge is 0.187 e. The molecule has 0 amide bonds. The summed E-state index contributed by atoms with van der Waals surface area (Å²) in [6.45, 7) is 2.83. The van der Waals surface area contributed by atoms with E-state index >= 15 is 0 Å². The van der Waals surface area contributed by atoms with Crippen LogP contribution < -0.4 is 9.47 Å². The van der Waals surface area contributed by atoms with Crippen molar-refractivity contribution in [2.45, 2.75) is 32.6 Å². The first-order chi connectivity index (χ1) is 8.72. The monoisotopic (exact) mass is 272 g/mol. The Morgan fingerprint density at radius 3 is 2.56 bits per heavy atom. The Kier molecular flexibility index (Phi) is 4.70. The van der Waals surface area contributed by atoms with Gasteiger partial charge in [0.15, 0.2) is 11.6 Å². The van der Waals surface area contributed by atoms with E-state index in [0.29, 0.717) is 24.9 Å². The standard InChI is InChI=1S/C14H18ClFO2/c1-2-17-12-8-7-11(13(15)14(12)16)18-9-10-5-3-4-6-10/h7-8,10H,2-6,9H2,1H3. The highest BCUT2D eigenvalue weighted by Crippen LogP contribution is 2.34. The van der Waals surface area contributed by atoms with Crippen molar-refractivity contribution in [1.82, 2.24) is 0 Å². The first-order valence-corrected chi connectivity index (χ1v) is 6.83. The summed E-state index contributed by atoms with van der Waals surface area (Å²) >= 11 is 5.94. The second kappa shape index (κ2) is 6.28. The third-order valence-electron chi connectivity index (χ3n) is 3.26. The van der Waals surface area contributed by atoms with Crippen LogP contribution in [0, 0.1) is 11.7 Å². The predicted octanol–water partition coefficient (Wildman–Crippen LogP) is 4.45. The normalized spacial score (nSPS) is 15.9. The fraction of sp³-hybridized carbons (Fsp3) is 0.571. The average Bonchev–Trinajstić information content (AvgIpc) is 2.87. The minimum atomic E-state index is -0.539. The molecular formula is C14H18ClFO2. The molecular weight excluding hydrogens is 255 g/mol. The minimum Gasteiger partial charge on any atom is -0.492 e. The third-order valence-corrected chi connectivity index (χ3v) is 3.61. The van der Waals surface area contributed by atoms with E-state index in [1.165, 1.54) is 25.7 Å². The van der Waals surface area contributed by atoms with Crippen molar-refractivity contribution in [1.29, 1.82) is 0 Å². The number of hydrogen-bond acceptors (Lipinski definition) is 2. The summed E-state index contributed by atoms with van der Waals surface area (Å²) in [5.41, 5.74) is 0. The summed E-state index contributed by atoms with van der Waals surface area (Å²) in [5, 5.41) is 0.0129. The molecule has 4 heteroatoms. The summed E-state index contributed by atoms with van der Waals surface area (Å²) < 4.78 is 24.6. The maximum absolute atomic E-state index is 13.8. The fourth-order valence-corrected chi connectivity index (χ4v) is 2.49. The maximum Gasteiger partial charge on any atom is 0.187 e. The number of hydrogen-bond donors (Lipinski definition) is 0. The highest BCUT2D eigenvalue weighted by atomic mass is 35.5. The van der Waals surface area contributed by atoms with E-state index in [1.807, 2.05) is 0 Å². The van der Waals surface area contributed by atoms with Crippen LogP contribution in [0.15, 0.2) is 12.1 Å². The quantitative estimate of drug-likeness (QED) is 0.789.